The molecule has 1 aromatic heterocycles. The molecule has 0 unspecified atom stereocenters. The average Bonchev–Trinajstić information content (AvgIpc) is 2.70. The molecule has 0 aliphatic heterocycles. The zero-order valence-corrected chi connectivity index (χ0v) is 11.9. The Kier molecular flexibility index (Phi) is 4.08. The number of aliphatic hydroxyl groups is 1. The second-order valence-electron chi connectivity index (χ2n) is 3.39. The largest absolute Gasteiger partial charge is 0.389 e. The minimum atomic E-state index is -0.435. The van der Waals surface area contributed by atoms with Crippen LogP contribution in [0.2, 0.25) is 0 Å². The van der Waals surface area contributed by atoms with Gasteiger partial charge in [-0.2, -0.15) is 0 Å². The summed E-state index contributed by atoms with van der Waals surface area (Å²) in [6, 6.07) is 10.2. The number of hydrogen-bond donors (Lipinski definition) is 1. The van der Waals surface area contributed by atoms with Crippen molar-refractivity contribution in [3.8, 4) is 0 Å². The Morgan fingerprint density at radius 1 is 1.38 bits per heavy atom. The van der Waals surface area contributed by atoms with Crippen molar-refractivity contribution in [2.45, 2.75) is 22.1 Å². The molecule has 0 spiro atoms. The van der Waals surface area contributed by atoms with Gasteiger partial charge in [0.2, 0.25) is 0 Å². The lowest BCUT2D eigenvalue weighted by atomic mass is 10.1. The zero-order chi connectivity index (χ0) is 11.5. The molecule has 16 heavy (non-hydrogen) atoms. The van der Waals surface area contributed by atoms with Gasteiger partial charge >= 0.3 is 0 Å². The molecule has 4 heteroatoms. The molecule has 0 aliphatic carbocycles. The van der Waals surface area contributed by atoms with Gasteiger partial charge in [0.05, 0.1) is 10.3 Å². The van der Waals surface area contributed by atoms with E-state index in [1.54, 1.807) is 30.0 Å². The first kappa shape index (κ1) is 12.2. The van der Waals surface area contributed by atoms with Gasteiger partial charge in [0.15, 0.2) is 0 Å². The van der Waals surface area contributed by atoms with Crippen LogP contribution < -0.4 is 0 Å². The fourth-order valence-electron chi connectivity index (χ4n) is 1.35. The number of halogens is 1. The van der Waals surface area contributed by atoms with E-state index >= 15 is 0 Å². The van der Waals surface area contributed by atoms with Crippen LogP contribution in [0.4, 0.5) is 0 Å². The highest BCUT2D eigenvalue weighted by molar-refractivity contribution is 9.10. The van der Waals surface area contributed by atoms with Gasteiger partial charge in [-0.25, -0.2) is 0 Å². The minimum absolute atomic E-state index is 0.435. The van der Waals surface area contributed by atoms with E-state index in [0.717, 1.165) is 10.0 Å². The van der Waals surface area contributed by atoms with Crippen LogP contribution in [-0.2, 0) is 0 Å². The van der Waals surface area contributed by atoms with Crippen LogP contribution in [0.15, 0.2) is 49.3 Å². The minimum Gasteiger partial charge on any atom is -0.389 e. The Balaban J connectivity index is 2.21. The molecular weight excluding hydrogens is 304 g/mol. The molecule has 1 nitrogen and oxygen atoms in total. The molecule has 84 valence electrons. The van der Waals surface area contributed by atoms with Crippen molar-refractivity contribution in [1.82, 2.24) is 0 Å². The highest BCUT2D eigenvalue weighted by atomic mass is 79.9. The summed E-state index contributed by atoms with van der Waals surface area (Å²) < 4.78 is 2.24. The van der Waals surface area contributed by atoms with Crippen molar-refractivity contribution in [3.05, 3.63) is 45.7 Å². The maximum atomic E-state index is 9.52. The normalized spacial score (nSPS) is 12.7. The summed E-state index contributed by atoms with van der Waals surface area (Å²) in [6.07, 6.45) is -0.435. The monoisotopic (exact) mass is 314 g/mol. The predicted molar refractivity (Wildman–Crippen MR) is 73.2 cm³/mol. The highest BCUT2D eigenvalue weighted by Gasteiger charge is 2.07. The SMILES string of the molecule is C[C@H](O)c1ccc(Sc2cccs2)cc1Br. The fourth-order valence-corrected chi connectivity index (χ4v) is 4.00. The highest BCUT2D eigenvalue weighted by Crippen LogP contribution is 2.34. The van der Waals surface area contributed by atoms with Gasteiger partial charge in [-0.05, 0) is 36.1 Å². The van der Waals surface area contributed by atoms with E-state index in [0.29, 0.717) is 0 Å². The van der Waals surface area contributed by atoms with Crippen LogP contribution in [0.3, 0.4) is 0 Å². The summed E-state index contributed by atoms with van der Waals surface area (Å²) in [6.45, 7) is 1.77. The number of aliphatic hydroxyl groups excluding tert-OH is 1. The van der Waals surface area contributed by atoms with Gasteiger partial charge in [-0.15, -0.1) is 11.3 Å². The third-order valence-corrected chi connectivity index (χ3v) is 4.85. The van der Waals surface area contributed by atoms with Crippen molar-refractivity contribution >= 4 is 39.0 Å². The standard InChI is InChI=1S/C12H11BrOS2/c1-8(14)10-5-4-9(7-11(10)13)16-12-3-2-6-15-12/h2-8,14H,1H3/t8-/m0/s1. The van der Waals surface area contributed by atoms with Crippen molar-refractivity contribution < 1.29 is 5.11 Å². The lowest BCUT2D eigenvalue weighted by molar-refractivity contribution is 0.198. The van der Waals surface area contributed by atoms with Crippen LogP contribution >= 0.6 is 39.0 Å². The molecular formula is C12H11BrOS2. The van der Waals surface area contributed by atoms with Gasteiger partial charge in [-0.3, -0.25) is 0 Å². The summed E-state index contributed by atoms with van der Waals surface area (Å²) in [7, 11) is 0. The molecule has 0 radical (unpaired) electrons. The molecule has 1 aromatic carbocycles. The van der Waals surface area contributed by atoms with Gasteiger partial charge in [0.1, 0.15) is 0 Å². The smallest absolute Gasteiger partial charge is 0.0772 e. The van der Waals surface area contributed by atoms with Crippen LogP contribution in [0.5, 0.6) is 0 Å². The second-order valence-corrected chi connectivity index (χ2v) is 6.57. The fraction of sp³-hybridized carbons (Fsp3) is 0.167. The molecule has 2 aromatic rings. The summed E-state index contributed by atoms with van der Waals surface area (Å²) in [5.41, 5.74) is 0.926. The molecule has 0 aliphatic rings. The molecule has 0 amide bonds. The van der Waals surface area contributed by atoms with Crippen molar-refractivity contribution in [2.75, 3.05) is 0 Å². The van der Waals surface area contributed by atoms with Gasteiger partial charge in [0, 0.05) is 9.37 Å². The van der Waals surface area contributed by atoms with Crippen LogP contribution in [0.25, 0.3) is 0 Å². The van der Waals surface area contributed by atoms with Crippen molar-refractivity contribution in [1.29, 1.82) is 0 Å². The van der Waals surface area contributed by atoms with Gasteiger partial charge in [-0.1, -0.05) is 39.8 Å². The van der Waals surface area contributed by atoms with Gasteiger partial charge in [0.25, 0.3) is 0 Å². The molecule has 1 atom stereocenters. The molecule has 0 fully saturated rings. The first-order valence-corrected chi connectivity index (χ1v) is 7.34. The third-order valence-electron chi connectivity index (χ3n) is 2.14. The lowest BCUT2D eigenvalue weighted by Gasteiger charge is -2.08. The summed E-state index contributed by atoms with van der Waals surface area (Å²) in [5, 5.41) is 11.6. The predicted octanol–water partition coefficient (Wildman–Crippen LogP) is 4.72. The molecule has 1 heterocycles. The van der Waals surface area contributed by atoms with Crippen LogP contribution in [-0.4, -0.2) is 5.11 Å². The van der Waals surface area contributed by atoms with E-state index in [2.05, 4.69) is 27.4 Å². The summed E-state index contributed by atoms with van der Waals surface area (Å²) >= 11 is 6.95. The quantitative estimate of drug-likeness (QED) is 0.885. The maximum Gasteiger partial charge on any atom is 0.0772 e. The van der Waals surface area contributed by atoms with Crippen molar-refractivity contribution in [3.63, 3.8) is 0 Å². The number of hydrogen-bond acceptors (Lipinski definition) is 3. The Hall–Kier alpha value is -0.290. The summed E-state index contributed by atoms with van der Waals surface area (Å²) in [5.74, 6) is 0. The number of rotatable bonds is 3. The van der Waals surface area contributed by atoms with Crippen molar-refractivity contribution in [2.24, 2.45) is 0 Å². The van der Waals surface area contributed by atoms with E-state index in [9.17, 15) is 5.11 Å². The Morgan fingerprint density at radius 3 is 2.75 bits per heavy atom. The Bertz CT molecular complexity index is 466. The van der Waals surface area contributed by atoms with Crippen LogP contribution in [0.1, 0.15) is 18.6 Å². The first-order chi connectivity index (χ1) is 7.66. The maximum absolute atomic E-state index is 9.52. The second kappa shape index (κ2) is 5.36. The van der Waals surface area contributed by atoms with Gasteiger partial charge < -0.3 is 5.11 Å². The number of benzene rings is 1. The molecule has 0 saturated heterocycles. The summed E-state index contributed by atoms with van der Waals surface area (Å²) in [4.78, 5) is 1.18. The topological polar surface area (TPSA) is 20.2 Å². The van der Waals surface area contributed by atoms with Crippen LogP contribution in [0, 0.1) is 0 Å². The molecule has 0 saturated carbocycles. The Labute approximate surface area is 112 Å². The number of thiophene rings is 1. The molecule has 2 rings (SSSR count). The van der Waals surface area contributed by atoms with E-state index < -0.39 is 6.10 Å². The first-order valence-electron chi connectivity index (χ1n) is 4.85. The lowest BCUT2D eigenvalue weighted by Crippen LogP contribution is -1.92. The van der Waals surface area contributed by atoms with E-state index in [1.165, 1.54) is 9.10 Å². The van der Waals surface area contributed by atoms with E-state index in [-0.39, 0.29) is 0 Å². The van der Waals surface area contributed by atoms with E-state index in [4.69, 9.17) is 0 Å². The third kappa shape index (κ3) is 2.88. The Morgan fingerprint density at radius 2 is 2.19 bits per heavy atom. The molecule has 1 N–H and O–H groups in total. The van der Waals surface area contributed by atoms with E-state index in [1.807, 2.05) is 24.3 Å². The zero-order valence-electron chi connectivity index (χ0n) is 8.68. The molecule has 0 bridgehead atoms. The average molecular weight is 315 g/mol.